The van der Waals surface area contributed by atoms with Crippen LogP contribution in [0, 0.1) is 6.07 Å². The predicted octanol–water partition coefficient (Wildman–Crippen LogP) is 16.9. The minimum atomic E-state index is -0.0983. The largest absolute Gasteiger partial charge is 0.296 e. The number of rotatable bonds is 11. The molecule has 1 nitrogen and oxygen atoms in total. The van der Waals surface area contributed by atoms with Gasteiger partial charge in [0.15, 0.2) is 0 Å². The van der Waals surface area contributed by atoms with Crippen LogP contribution in [0.4, 0.5) is 0 Å². The first-order chi connectivity index (χ1) is 30.3. The second kappa shape index (κ2) is 18.2. The Morgan fingerprint density at radius 2 is 1.09 bits per heavy atom. The molecule has 0 spiro atoms. The van der Waals surface area contributed by atoms with Gasteiger partial charge < -0.3 is 0 Å². The molecular formula is C62H62IrN-. The van der Waals surface area contributed by atoms with Gasteiger partial charge in [0.05, 0.1) is 5.52 Å². The van der Waals surface area contributed by atoms with Crippen molar-refractivity contribution in [3.8, 4) is 55.8 Å². The average Bonchev–Trinajstić information content (AvgIpc) is 3.51. The van der Waals surface area contributed by atoms with Gasteiger partial charge in [0, 0.05) is 25.5 Å². The van der Waals surface area contributed by atoms with E-state index >= 15 is 0 Å². The van der Waals surface area contributed by atoms with Gasteiger partial charge in [-0.2, -0.15) is 0 Å². The summed E-state index contributed by atoms with van der Waals surface area (Å²) in [4.78, 5) is 5.41. The molecule has 7 aromatic carbocycles. The number of fused-ring (bicyclic) bond motifs is 4. The second-order valence-corrected chi connectivity index (χ2v) is 20.5. The molecule has 0 unspecified atom stereocenters. The molecule has 0 fully saturated rings. The first-order valence-corrected chi connectivity index (χ1v) is 23.2. The van der Waals surface area contributed by atoms with E-state index in [9.17, 15) is 0 Å². The minimum absolute atomic E-state index is 0. The van der Waals surface area contributed by atoms with E-state index in [0.29, 0.717) is 0 Å². The number of benzene rings is 7. The zero-order valence-corrected chi connectivity index (χ0v) is 41.4. The van der Waals surface area contributed by atoms with Crippen molar-refractivity contribution in [2.75, 3.05) is 0 Å². The van der Waals surface area contributed by atoms with E-state index in [-0.39, 0.29) is 36.4 Å². The number of aryl methyl sites for hydroxylation is 2. The number of pyridine rings is 1. The molecule has 2 heteroatoms. The predicted molar refractivity (Wildman–Crippen MR) is 270 cm³/mol. The summed E-state index contributed by atoms with van der Waals surface area (Å²) in [6, 6.07) is 62.3. The summed E-state index contributed by atoms with van der Waals surface area (Å²) >= 11 is 0. The Morgan fingerprint density at radius 3 is 1.78 bits per heavy atom. The Hall–Kier alpha value is -5.40. The van der Waals surface area contributed by atoms with Crippen molar-refractivity contribution < 1.29 is 20.1 Å². The third-order valence-electron chi connectivity index (χ3n) is 13.5. The van der Waals surface area contributed by atoms with E-state index in [1.54, 1.807) is 0 Å². The number of nitrogens with zero attached hydrogens (tertiary/aromatic N) is 1. The van der Waals surface area contributed by atoms with Gasteiger partial charge in [0.2, 0.25) is 0 Å². The molecule has 0 saturated carbocycles. The number of hydrogen-bond donors (Lipinski definition) is 0. The zero-order chi connectivity index (χ0) is 43.9. The van der Waals surface area contributed by atoms with Crippen molar-refractivity contribution in [2.45, 2.75) is 110 Å². The van der Waals surface area contributed by atoms with Crippen LogP contribution in [-0.2, 0) is 49.2 Å². The Labute approximate surface area is 396 Å². The quantitative estimate of drug-likeness (QED) is 0.0929. The molecule has 1 aliphatic carbocycles. The van der Waals surface area contributed by atoms with Gasteiger partial charge in [-0.15, -0.1) is 29.3 Å². The van der Waals surface area contributed by atoms with Crippen LogP contribution in [0.1, 0.15) is 114 Å². The first kappa shape index (κ1) is 45.2. The monoisotopic (exact) mass is 1010 g/mol. The SMILES string of the molecule is CC(C)(C)c1cc(-c2cccc(CCCCCCc3ccccc3)c2)cc(C(C)(C)C)c1-c1ccc2nc(-c3[c-]cc4c(c3)C(C)(C)c3ccccc3-4)cc(-c3ccccc3)c2c1.[Ir]. The fraction of sp³-hybridized carbons (Fsp3) is 0.274. The molecule has 1 aliphatic rings. The molecule has 0 aliphatic heterocycles. The van der Waals surface area contributed by atoms with Crippen molar-refractivity contribution in [3.05, 3.63) is 197 Å². The van der Waals surface area contributed by atoms with E-state index in [4.69, 9.17) is 4.98 Å². The zero-order valence-electron chi connectivity index (χ0n) is 39.0. The van der Waals surface area contributed by atoms with E-state index < -0.39 is 0 Å². The van der Waals surface area contributed by atoms with E-state index in [1.165, 1.54) is 110 Å². The molecule has 9 rings (SSSR count). The first-order valence-electron chi connectivity index (χ1n) is 23.2. The van der Waals surface area contributed by atoms with Crippen LogP contribution in [0.3, 0.4) is 0 Å². The molecule has 325 valence electrons. The summed E-state index contributed by atoms with van der Waals surface area (Å²) in [5.41, 5.74) is 21.1. The van der Waals surface area contributed by atoms with Gasteiger partial charge >= 0.3 is 0 Å². The van der Waals surface area contributed by atoms with Gasteiger partial charge in [0.25, 0.3) is 0 Å². The van der Waals surface area contributed by atoms with Crippen molar-refractivity contribution in [1.82, 2.24) is 4.98 Å². The van der Waals surface area contributed by atoms with E-state index in [1.807, 2.05) is 0 Å². The molecule has 0 bridgehead atoms. The maximum Gasteiger partial charge on any atom is 0.0602 e. The average molecular weight is 1010 g/mol. The van der Waals surface area contributed by atoms with E-state index in [0.717, 1.165) is 28.6 Å². The molecule has 1 aromatic heterocycles. The number of unbranched alkanes of at least 4 members (excludes halogenated alkanes) is 3. The number of aromatic nitrogens is 1. The summed E-state index contributed by atoms with van der Waals surface area (Å²) in [6.07, 6.45) is 7.31. The summed E-state index contributed by atoms with van der Waals surface area (Å²) in [5, 5.41) is 1.16. The van der Waals surface area contributed by atoms with Gasteiger partial charge in [-0.25, -0.2) is 0 Å². The van der Waals surface area contributed by atoms with Gasteiger partial charge in [-0.1, -0.05) is 201 Å². The Balaban J connectivity index is 0.00000560. The van der Waals surface area contributed by atoms with Crippen LogP contribution in [0.15, 0.2) is 158 Å². The van der Waals surface area contributed by atoms with Crippen molar-refractivity contribution in [2.24, 2.45) is 0 Å². The molecule has 0 atom stereocenters. The van der Waals surface area contributed by atoms with Crippen LogP contribution < -0.4 is 0 Å². The molecule has 0 amide bonds. The summed E-state index contributed by atoms with van der Waals surface area (Å²) in [7, 11) is 0. The minimum Gasteiger partial charge on any atom is -0.296 e. The molecule has 0 N–H and O–H groups in total. The maximum atomic E-state index is 5.41. The van der Waals surface area contributed by atoms with Gasteiger partial charge in [-0.05, 0) is 133 Å². The Bertz CT molecular complexity index is 2890. The third-order valence-corrected chi connectivity index (χ3v) is 13.5. The smallest absolute Gasteiger partial charge is 0.0602 e. The fourth-order valence-corrected chi connectivity index (χ4v) is 10.0. The Morgan fingerprint density at radius 1 is 0.484 bits per heavy atom. The van der Waals surface area contributed by atoms with Crippen LogP contribution in [-0.4, -0.2) is 4.98 Å². The summed E-state index contributed by atoms with van der Waals surface area (Å²) < 4.78 is 0. The van der Waals surface area contributed by atoms with Gasteiger partial charge in [-0.3, -0.25) is 4.98 Å². The topological polar surface area (TPSA) is 12.9 Å². The maximum absolute atomic E-state index is 5.41. The molecule has 64 heavy (non-hydrogen) atoms. The van der Waals surface area contributed by atoms with Crippen LogP contribution >= 0.6 is 0 Å². The van der Waals surface area contributed by atoms with Gasteiger partial charge in [0.1, 0.15) is 0 Å². The molecule has 1 radical (unpaired) electrons. The Kier molecular flexibility index (Phi) is 12.9. The third kappa shape index (κ3) is 9.11. The molecule has 1 heterocycles. The summed E-state index contributed by atoms with van der Waals surface area (Å²) in [5.74, 6) is 0. The second-order valence-electron chi connectivity index (χ2n) is 20.5. The van der Waals surface area contributed by atoms with E-state index in [2.05, 4.69) is 219 Å². The molecule has 8 aromatic rings. The van der Waals surface area contributed by atoms with Crippen molar-refractivity contribution >= 4 is 10.9 Å². The fourth-order valence-electron chi connectivity index (χ4n) is 10.0. The van der Waals surface area contributed by atoms with Crippen molar-refractivity contribution in [1.29, 1.82) is 0 Å². The summed E-state index contributed by atoms with van der Waals surface area (Å²) in [6.45, 7) is 18.9. The standard InChI is InChI=1S/C62H62N.Ir/c1-60(2,3)55-39-48(45-29-21-26-43(36-45)25-14-10-9-13-22-42-23-15-11-16-24-42)40-56(61(4,5)6)59(55)47-33-35-57-52(37-47)51(44-27-17-12-18-28-44)41-58(63-57)46-32-34-50-49-30-19-20-31-53(49)62(7,8)54(50)38-46;/h11-12,15-21,23-24,26-31,33-41H,9-10,13-14,22,25H2,1-8H3;/q-1;. The van der Waals surface area contributed by atoms with Crippen LogP contribution in [0.2, 0.25) is 0 Å². The number of hydrogen-bond acceptors (Lipinski definition) is 1. The van der Waals surface area contributed by atoms with Crippen LogP contribution in [0.5, 0.6) is 0 Å². The normalized spacial score (nSPS) is 13.1. The van der Waals surface area contributed by atoms with Crippen molar-refractivity contribution in [3.63, 3.8) is 0 Å². The molecule has 0 saturated heterocycles. The van der Waals surface area contributed by atoms with Crippen LogP contribution in [0.25, 0.3) is 66.7 Å². The molecular weight excluding hydrogens is 951 g/mol.